The molecule has 1 N–H and O–H groups in total. The number of anilines is 1. The molecular weight excluding hydrogens is 376 g/mol. The van der Waals surface area contributed by atoms with Crippen molar-refractivity contribution < 1.29 is 9.59 Å². The van der Waals surface area contributed by atoms with Crippen LogP contribution in [0.15, 0.2) is 24.3 Å². The summed E-state index contributed by atoms with van der Waals surface area (Å²) >= 11 is 0. The van der Waals surface area contributed by atoms with Gasteiger partial charge in [-0.25, -0.2) is 0 Å². The van der Waals surface area contributed by atoms with Crippen LogP contribution in [-0.4, -0.2) is 78.9 Å². The Morgan fingerprint density at radius 2 is 1.50 bits per heavy atom. The van der Waals surface area contributed by atoms with Gasteiger partial charge in [0.1, 0.15) is 0 Å². The Balaban J connectivity index is 1.26. The lowest BCUT2D eigenvalue weighted by Crippen LogP contribution is -2.50. The Morgan fingerprint density at radius 3 is 2.20 bits per heavy atom. The molecule has 0 aromatic heterocycles. The Labute approximate surface area is 180 Å². The largest absolute Gasteiger partial charge is 0.336 e. The smallest absolute Gasteiger partial charge is 0.254 e. The van der Waals surface area contributed by atoms with Gasteiger partial charge in [0.05, 0.1) is 0 Å². The van der Waals surface area contributed by atoms with E-state index in [0.717, 1.165) is 70.6 Å². The van der Waals surface area contributed by atoms with Crippen molar-refractivity contribution in [2.45, 2.75) is 44.9 Å². The summed E-state index contributed by atoms with van der Waals surface area (Å²) in [6.45, 7) is 8.17. The van der Waals surface area contributed by atoms with E-state index >= 15 is 0 Å². The minimum Gasteiger partial charge on any atom is -0.336 e. The maximum Gasteiger partial charge on any atom is 0.254 e. The Hall–Kier alpha value is -1.92. The Morgan fingerprint density at radius 1 is 0.833 bits per heavy atom. The predicted molar refractivity (Wildman–Crippen MR) is 120 cm³/mol. The molecule has 2 saturated heterocycles. The van der Waals surface area contributed by atoms with Crippen LogP contribution < -0.4 is 5.32 Å². The summed E-state index contributed by atoms with van der Waals surface area (Å²) in [5, 5.41) is 3.04. The number of likely N-dealkylation sites (tertiary alicyclic amines) is 1. The summed E-state index contributed by atoms with van der Waals surface area (Å²) < 4.78 is 0. The Kier molecular flexibility index (Phi) is 7.39. The van der Waals surface area contributed by atoms with Crippen LogP contribution in [0.25, 0.3) is 0 Å². The zero-order chi connectivity index (χ0) is 20.8. The summed E-state index contributed by atoms with van der Waals surface area (Å²) in [5.41, 5.74) is 1.41. The average molecular weight is 413 g/mol. The van der Waals surface area contributed by atoms with Gasteiger partial charge in [-0.2, -0.15) is 0 Å². The highest BCUT2D eigenvalue weighted by atomic mass is 16.2. The van der Waals surface area contributed by atoms with E-state index in [2.05, 4.69) is 15.1 Å². The summed E-state index contributed by atoms with van der Waals surface area (Å²) in [6, 6.07) is 7.45. The van der Waals surface area contributed by atoms with Crippen molar-refractivity contribution in [1.82, 2.24) is 14.7 Å². The first-order chi connectivity index (χ1) is 14.7. The maximum absolute atomic E-state index is 13.0. The van der Waals surface area contributed by atoms with Crippen molar-refractivity contribution in [3.63, 3.8) is 0 Å². The third kappa shape index (κ3) is 5.61. The fraction of sp³-hybridized carbons (Fsp3) is 0.667. The number of benzene rings is 1. The summed E-state index contributed by atoms with van der Waals surface area (Å²) in [7, 11) is 0. The van der Waals surface area contributed by atoms with Crippen LogP contribution >= 0.6 is 0 Å². The van der Waals surface area contributed by atoms with E-state index in [1.54, 1.807) is 0 Å². The average Bonchev–Trinajstić information content (AvgIpc) is 3.32. The van der Waals surface area contributed by atoms with Crippen molar-refractivity contribution in [3.8, 4) is 0 Å². The second-order valence-corrected chi connectivity index (χ2v) is 9.09. The molecule has 6 heteroatoms. The topological polar surface area (TPSA) is 55.9 Å². The van der Waals surface area contributed by atoms with Crippen molar-refractivity contribution in [2.24, 2.45) is 5.92 Å². The quantitative estimate of drug-likeness (QED) is 0.780. The number of nitrogens with one attached hydrogen (secondary N) is 1. The van der Waals surface area contributed by atoms with Crippen molar-refractivity contribution in [2.75, 3.05) is 57.7 Å². The molecule has 0 unspecified atom stereocenters. The SMILES string of the molecule is O=C(Nc1cccc(C(=O)N2CCN(CCN3CCCC3)CC2)c1)C1CCCCC1. The monoisotopic (exact) mass is 412 g/mol. The number of amides is 2. The van der Waals surface area contributed by atoms with Gasteiger partial charge in [-0.3, -0.25) is 14.5 Å². The molecule has 1 saturated carbocycles. The molecule has 1 aliphatic carbocycles. The number of hydrogen-bond donors (Lipinski definition) is 1. The van der Waals surface area contributed by atoms with Gasteiger partial charge in [-0.15, -0.1) is 0 Å². The van der Waals surface area contributed by atoms with Gasteiger partial charge in [0.2, 0.25) is 5.91 Å². The highest BCUT2D eigenvalue weighted by Crippen LogP contribution is 2.25. The number of piperazine rings is 1. The van der Waals surface area contributed by atoms with E-state index in [4.69, 9.17) is 0 Å². The lowest BCUT2D eigenvalue weighted by atomic mass is 9.88. The van der Waals surface area contributed by atoms with E-state index in [-0.39, 0.29) is 17.7 Å². The molecule has 2 heterocycles. The molecule has 0 atom stereocenters. The van der Waals surface area contributed by atoms with Crippen LogP contribution in [0.1, 0.15) is 55.3 Å². The van der Waals surface area contributed by atoms with E-state index in [1.807, 2.05) is 29.2 Å². The lowest BCUT2D eigenvalue weighted by Gasteiger charge is -2.35. The first kappa shape index (κ1) is 21.3. The molecule has 1 aromatic carbocycles. The first-order valence-corrected chi connectivity index (χ1v) is 11.8. The van der Waals surface area contributed by atoms with Gasteiger partial charge in [0, 0.05) is 56.4 Å². The minimum absolute atomic E-state index is 0.0722. The number of rotatable bonds is 6. The fourth-order valence-corrected chi connectivity index (χ4v) is 4.99. The second-order valence-electron chi connectivity index (χ2n) is 9.09. The molecule has 6 nitrogen and oxygen atoms in total. The molecule has 4 rings (SSSR count). The number of carbonyl (C=O) groups excluding carboxylic acids is 2. The fourth-order valence-electron chi connectivity index (χ4n) is 4.99. The molecule has 0 bridgehead atoms. The Bertz CT molecular complexity index is 718. The highest BCUT2D eigenvalue weighted by molar-refractivity contribution is 5.97. The molecule has 2 amide bonds. The molecule has 164 valence electrons. The molecule has 2 aliphatic heterocycles. The number of carbonyl (C=O) groups is 2. The molecule has 3 fully saturated rings. The minimum atomic E-state index is 0.0722. The van der Waals surface area contributed by atoms with Crippen LogP contribution in [0.2, 0.25) is 0 Å². The molecular formula is C24H36N4O2. The molecule has 3 aliphatic rings. The van der Waals surface area contributed by atoms with Gasteiger partial charge < -0.3 is 15.1 Å². The number of hydrogen-bond acceptors (Lipinski definition) is 4. The summed E-state index contributed by atoms with van der Waals surface area (Å²) in [6.07, 6.45) is 8.14. The van der Waals surface area contributed by atoms with Gasteiger partial charge in [0.15, 0.2) is 0 Å². The molecule has 0 spiro atoms. The van der Waals surface area contributed by atoms with Crippen LogP contribution in [-0.2, 0) is 4.79 Å². The third-order valence-corrected chi connectivity index (χ3v) is 6.94. The van der Waals surface area contributed by atoms with Crippen molar-refractivity contribution in [1.29, 1.82) is 0 Å². The van der Waals surface area contributed by atoms with Crippen LogP contribution in [0.5, 0.6) is 0 Å². The maximum atomic E-state index is 13.0. The normalized spacial score (nSPS) is 21.7. The van der Waals surface area contributed by atoms with Gasteiger partial charge in [-0.05, 0) is 57.0 Å². The summed E-state index contributed by atoms with van der Waals surface area (Å²) in [4.78, 5) is 32.5. The highest BCUT2D eigenvalue weighted by Gasteiger charge is 2.24. The van der Waals surface area contributed by atoms with E-state index in [0.29, 0.717) is 5.56 Å². The van der Waals surface area contributed by atoms with Crippen LogP contribution in [0.3, 0.4) is 0 Å². The van der Waals surface area contributed by atoms with E-state index < -0.39 is 0 Å². The van der Waals surface area contributed by atoms with Crippen molar-refractivity contribution in [3.05, 3.63) is 29.8 Å². The zero-order valence-corrected chi connectivity index (χ0v) is 18.2. The third-order valence-electron chi connectivity index (χ3n) is 6.94. The second kappa shape index (κ2) is 10.4. The lowest BCUT2D eigenvalue weighted by molar-refractivity contribution is -0.120. The first-order valence-electron chi connectivity index (χ1n) is 11.8. The van der Waals surface area contributed by atoms with Crippen LogP contribution in [0.4, 0.5) is 5.69 Å². The van der Waals surface area contributed by atoms with Crippen molar-refractivity contribution >= 4 is 17.5 Å². The molecule has 30 heavy (non-hydrogen) atoms. The summed E-state index contributed by atoms with van der Waals surface area (Å²) in [5.74, 6) is 0.292. The van der Waals surface area contributed by atoms with E-state index in [9.17, 15) is 9.59 Å². The van der Waals surface area contributed by atoms with Gasteiger partial charge in [-0.1, -0.05) is 25.3 Å². The molecule has 0 radical (unpaired) electrons. The van der Waals surface area contributed by atoms with E-state index in [1.165, 1.54) is 32.4 Å². The van der Waals surface area contributed by atoms with Gasteiger partial charge in [0.25, 0.3) is 5.91 Å². The standard InChI is InChI=1S/C24H36N4O2/c29-23(20-7-2-1-3-8-20)25-22-10-6-9-21(19-22)24(30)28-17-15-27(16-18-28)14-13-26-11-4-5-12-26/h6,9-10,19-20H,1-5,7-8,11-18H2,(H,25,29). The number of nitrogens with zero attached hydrogens (tertiary/aromatic N) is 3. The zero-order valence-electron chi connectivity index (χ0n) is 18.2. The molecule has 1 aromatic rings. The van der Waals surface area contributed by atoms with Crippen LogP contribution in [0, 0.1) is 5.92 Å². The predicted octanol–water partition coefficient (Wildman–Crippen LogP) is 3.06. The van der Waals surface area contributed by atoms with Gasteiger partial charge >= 0.3 is 0 Å².